The molecule has 1 saturated carbocycles. The molecular formula is C10H18NO-. The number of nitrogens with zero attached hydrogens (tertiary/aromatic N) is 1. The lowest BCUT2D eigenvalue weighted by molar-refractivity contribution is -0.121. The van der Waals surface area contributed by atoms with Gasteiger partial charge in [0.1, 0.15) is 5.78 Å². The van der Waals surface area contributed by atoms with Crippen molar-refractivity contribution in [3.8, 4) is 0 Å². The van der Waals surface area contributed by atoms with Gasteiger partial charge in [-0.2, -0.15) is 7.05 Å². The molecule has 0 heterocycles. The Bertz CT molecular complexity index is 169. The zero-order valence-corrected chi connectivity index (χ0v) is 8.26. The quantitative estimate of drug-likeness (QED) is 0.623. The van der Waals surface area contributed by atoms with E-state index in [1.807, 2.05) is 7.05 Å². The standard InChI is InChI=1S/C10H18NO/c1-8(12)9-4-6-10(2,11-3)7-5-9/h9H,4-7H2,1-3H3/q-1. The maximum Gasteiger partial charge on any atom is 0.132 e. The van der Waals surface area contributed by atoms with E-state index in [9.17, 15) is 4.79 Å². The lowest BCUT2D eigenvalue weighted by Gasteiger charge is -2.46. The van der Waals surface area contributed by atoms with Crippen molar-refractivity contribution in [3.63, 3.8) is 0 Å². The van der Waals surface area contributed by atoms with E-state index < -0.39 is 0 Å². The summed E-state index contributed by atoms with van der Waals surface area (Å²) in [4.78, 5) is 11.1. The van der Waals surface area contributed by atoms with Gasteiger partial charge in [-0.15, -0.1) is 5.54 Å². The lowest BCUT2D eigenvalue weighted by Crippen LogP contribution is -2.31. The number of ketones is 1. The monoisotopic (exact) mass is 168 g/mol. The molecule has 0 aliphatic heterocycles. The molecule has 1 fully saturated rings. The summed E-state index contributed by atoms with van der Waals surface area (Å²) in [5, 5.41) is 4.36. The number of Topliss-reactive ketones (excluding diaryl/α,β-unsaturated/α-hetero) is 1. The number of carbonyl (C=O) groups is 1. The summed E-state index contributed by atoms with van der Waals surface area (Å²) in [5.74, 6) is 0.674. The Morgan fingerprint density at radius 3 is 2.25 bits per heavy atom. The van der Waals surface area contributed by atoms with E-state index in [1.54, 1.807) is 6.92 Å². The van der Waals surface area contributed by atoms with Crippen molar-refractivity contribution in [3.05, 3.63) is 5.32 Å². The molecular weight excluding hydrogens is 150 g/mol. The minimum Gasteiger partial charge on any atom is -0.660 e. The van der Waals surface area contributed by atoms with Crippen molar-refractivity contribution >= 4 is 5.78 Å². The third-order valence-corrected chi connectivity index (χ3v) is 3.18. The molecule has 0 spiro atoms. The Hall–Kier alpha value is -0.370. The van der Waals surface area contributed by atoms with E-state index in [0.29, 0.717) is 11.7 Å². The maximum atomic E-state index is 11.1. The van der Waals surface area contributed by atoms with Crippen molar-refractivity contribution in [1.82, 2.24) is 0 Å². The molecule has 0 aromatic carbocycles. The van der Waals surface area contributed by atoms with Crippen LogP contribution in [0.5, 0.6) is 0 Å². The average Bonchev–Trinajstić information content (AvgIpc) is 2.05. The van der Waals surface area contributed by atoms with E-state index in [-0.39, 0.29) is 5.54 Å². The minimum absolute atomic E-state index is 0.159. The summed E-state index contributed by atoms with van der Waals surface area (Å²) in [6.07, 6.45) is 4.22. The Balaban J connectivity index is 2.44. The van der Waals surface area contributed by atoms with Crippen molar-refractivity contribution in [2.75, 3.05) is 7.05 Å². The molecule has 0 bridgehead atoms. The fraction of sp³-hybridized carbons (Fsp3) is 0.900. The van der Waals surface area contributed by atoms with Gasteiger partial charge in [-0.1, -0.05) is 19.8 Å². The molecule has 70 valence electrons. The second-order valence-electron chi connectivity index (χ2n) is 4.11. The molecule has 0 saturated heterocycles. The van der Waals surface area contributed by atoms with Crippen LogP contribution in [0, 0.1) is 5.92 Å². The van der Waals surface area contributed by atoms with Gasteiger partial charge >= 0.3 is 0 Å². The zero-order chi connectivity index (χ0) is 9.19. The van der Waals surface area contributed by atoms with Crippen molar-refractivity contribution in [1.29, 1.82) is 0 Å². The first-order chi connectivity index (χ1) is 5.57. The summed E-state index contributed by atoms with van der Waals surface area (Å²) in [6, 6.07) is 0. The lowest BCUT2D eigenvalue weighted by atomic mass is 9.76. The Morgan fingerprint density at radius 1 is 1.42 bits per heavy atom. The molecule has 2 nitrogen and oxygen atoms in total. The van der Waals surface area contributed by atoms with Gasteiger partial charge in [0.25, 0.3) is 0 Å². The average molecular weight is 168 g/mol. The predicted molar refractivity (Wildman–Crippen MR) is 50.3 cm³/mol. The number of carbonyl (C=O) groups excluding carboxylic acids is 1. The van der Waals surface area contributed by atoms with Crippen LogP contribution < -0.4 is 0 Å². The van der Waals surface area contributed by atoms with Gasteiger partial charge in [-0.05, 0) is 19.8 Å². The van der Waals surface area contributed by atoms with E-state index in [1.165, 1.54) is 0 Å². The van der Waals surface area contributed by atoms with Gasteiger partial charge < -0.3 is 5.32 Å². The molecule has 0 atom stereocenters. The Labute approximate surface area is 74.7 Å². The summed E-state index contributed by atoms with van der Waals surface area (Å²) in [5.41, 5.74) is 0.159. The van der Waals surface area contributed by atoms with E-state index in [2.05, 4.69) is 12.2 Å². The Morgan fingerprint density at radius 2 is 1.92 bits per heavy atom. The molecule has 0 N–H and O–H groups in total. The van der Waals surface area contributed by atoms with Crippen LogP contribution >= 0.6 is 0 Å². The van der Waals surface area contributed by atoms with Crippen molar-refractivity contribution in [2.24, 2.45) is 5.92 Å². The minimum atomic E-state index is 0.159. The number of hydrogen-bond donors (Lipinski definition) is 0. The van der Waals surface area contributed by atoms with Crippen molar-refractivity contribution in [2.45, 2.75) is 45.1 Å². The van der Waals surface area contributed by atoms with Gasteiger partial charge in [0.15, 0.2) is 0 Å². The van der Waals surface area contributed by atoms with Gasteiger partial charge in [0.05, 0.1) is 0 Å². The highest BCUT2D eigenvalue weighted by Crippen LogP contribution is 2.36. The van der Waals surface area contributed by atoms with Crippen LogP contribution in [0.25, 0.3) is 5.32 Å². The largest absolute Gasteiger partial charge is 0.660 e. The Kier molecular flexibility index (Phi) is 2.89. The van der Waals surface area contributed by atoms with Gasteiger partial charge in [0, 0.05) is 5.92 Å². The topological polar surface area (TPSA) is 31.2 Å². The van der Waals surface area contributed by atoms with E-state index >= 15 is 0 Å². The highest BCUT2D eigenvalue weighted by Gasteiger charge is 2.25. The van der Waals surface area contributed by atoms with Crippen LogP contribution in [0.3, 0.4) is 0 Å². The summed E-state index contributed by atoms with van der Waals surface area (Å²) < 4.78 is 0. The molecule has 2 heteroatoms. The normalized spacial score (nSPS) is 36.4. The van der Waals surface area contributed by atoms with Crippen LogP contribution in [-0.4, -0.2) is 18.4 Å². The fourth-order valence-corrected chi connectivity index (χ4v) is 1.87. The molecule has 0 aromatic heterocycles. The summed E-state index contributed by atoms with van der Waals surface area (Å²) in [6.45, 7) is 3.89. The molecule has 1 aliphatic carbocycles. The second kappa shape index (κ2) is 3.56. The van der Waals surface area contributed by atoms with Crippen LogP contribution in [0.2, 0.25) is 0 Å². The summed E-state index contributed by atoms with van der Waals surface area (Å²) >= 11 is 0. The molecule has 0 amide bonds. The SMILES string of the molecule is C[N-]C1(C)CCC(C(C)=O)CC1. The van der Waals surface area contributed by atoms with Gasteiger partial charge in [-0.25, -0.2) is 0 Å². The molecule has 1 rings (SSSR count). The zero-order valence-electron chi connectivity index (χ0n) is 8.26. The first kappa shape index (κ1) is 9.72. The highest BCUT2D eigenvalue weighted by molar-refractivity contribution is 5.78. The number of hydrogen-bond acceptors (Lipinski definition) is 1. The van der Waals surface area contributed by atoms with Crippen LogP contribution in [-0.2, 0) is 4.79 Å². The van der Waals surface area contributed by atoms with E-state index in [0.717, 1.165) is 25.7 Å². The van der Waals surface area contributed by atoms with Gasteiger partial charge in [0.2, 0.25) is 0 Å². The maximum absolute atomic E-state index is 11.1. The molecule has 12 heavy (non-hydrogen) atoms. The third-order valence-electron chi connectivity index (χ3n) is 3.18. The molecule has 0 aromatic rings. The molecule has 0 unspecified atom stereocenters. The third kappa shape index (κ3) is 2.07. The van der Waals surface area contributed by atoms with E-state index in [4.69, 9.17) is 0 Å². The molecule has 1 aliphatic rings. The highest BCUT2D eigenvalue weighted by atomic mass is 16.1. The van der Waals surface area contributed by atoms with Crippen molar-refractivity contribution < 1.29 is 4.79 Å². The predicted octanol–water partition coefficient (Wildman–Crippen LogP) is 2.53. The van der Waals surface area contributed by atoms with Crippen LogP contribution in [0.15, 0.2) is 0 Å². The first-order valence-electron chi connectivity index (χ1n) is 4.69. The number of rotatable bonds is 2. The first-order valence-corrected chi connectivity index (χ1v) is 4.69. The fourth-order valence-electron chi connectivity index (χ4n) is 1.87. The summed E-state index contributed by atoms with van der Waals surface area (Å²) in [7, 11) is 1.88. The van der Waals surface area contributed by atoms with Crippen LogP contribution in [0.1, 0.15) is 39.5 Å². The molecule has 0 radical (unpaired) electrons. The smallest absolute Gasteiger partial charge is 0.132 e. The second-order valence-corrected chi connectivity index (χ2v) is 4.11. The van der Waals surface area contributed by atoms with Gasteiger partial charge in [-0.3, -0.25) is 4.79 Å². The van der Waals surface area contributed by atoms with Crippen LogP contribution in [0.4, 0.5) is 0 Å².